The molecule has 1 amide bonds. The molecule has 1 aliphatic rings. The Balaban J connectivity index is 1.31. The summed E-state index contributed by atoms with van der Waals surface area (Å²) in [6.45, 7) is 2.82. The second-order valence-electron chi connectivity index (χ2n) is 10.2. The number of pyridine rings is 1. The van der Waals surface area contributed by atoms with E-state index in [0.717, 1.165) is 25.0 Å². The summed E-state index contributed by atoms with van der Waals surface area (Å²) in [5.41, 5.74) is 1.17. The summed E-state index contributed by atoms with van der Waals surface area (Å²) in [4.78, 5) is 35.3. The predicted molar refractivity (Wildman–Crippen MR) is 159 cm³/mol. The van der Waals surface area contributed by atoms with Gasteiger partial charge >= 0.3 is 0 Å². The van der Waals surface area contributed by atoms with Gasteiger partial charge in [-0.05, 0) is 48.7 Å². The van der Waals surface area contributed by atoms with Gasteiger partial charge in [-0.25, -0.2) is 27.2 Å². The molecule has 0 unspecified atom stereocenters. The molecule has 1 fully saturated rings. The first kappa shape index (κ1) is 31.0. The monoisotopic (exact) mass is 627 g/mol. The zero-order chi connectivity index (χ0) is 31.3. The van der Waals surface area contributed by atoms with Gasteiger partial charge in [-0.2, -0.15) is 0 Å². The van der Waals surface area contributed by atoms with Crippen molar-refractivity contribution in [3.8, 4) is 17.0 Å². The average molecular weight is 628 g/mol. The lowest BCUT2D eigenvalue weighted by Crippen LogP contribution is -2.40. The standard InChI is InChI=1S/C30H31F2N5O6S/c1-42-29-26(35-44(40,41)27-9-7-22(31)17-24(27)32)16-21(18-33-29)20-6-8-25-23(15-20)30(39)37(19-34-25)10-4-2-3-5-28(38)36-11-13-43-14-12-36/h6-9,15-19,35H,2-5,10-14H2,1H3. The number of halogens is 2. The van der Waals surface area contributed by atoms with E-state index in [9.17, 15) is 26.8 Å². The number of rotatable bonds is 11. The van der Waals surface area contributed by atoms with Crippen LogP contribution in [0.25, 0.3) is 22.0 Å². The number of nitrogens with zero attached hydrogens (tertiary/aromatic N) is 4. The maximum absolute atomic E-state index is 14.2. The summed E-state index contributed by atoms with van der Waals surface area (Å²) in [7, 11) is -3.17. The second-order valence-corrected chi connectivity index (χ2v) is 11.9. The van der Waals surface area contributed by atoms with Crippen molar-refractivity contribution in [2.75, 3.05) is 38.1 Å². The molecular weight excluding hydrogens is 596 g/mol. The van der Waals surface area contributed by atoms with E-state index in [4.69, 9.17) is 9.47 Å². The SMILES string of the molecule is COc1ncc(-c2ccc3ncn(CCCCCC(=O)N4CCOCC4)c(=O)c3c2)cc1NS(=O)(=O)c1ccc(F)cc1F. The van der Waals surface area contributed by atoms with Crippen LogP contribution in [0.15, 0.2) is 64.7 Å². The number of fused-ring (bicyclic) bond motifs is 1. The molecule has 44 heavy (non-hydrogen) atoms. The molecule has 11 nitrogen and oxygen atoms in total. The number of hydrogen-bond acceptors (Lipinski definition) is 8. The minimum atomic E-state index is -4.46. The number of carbonyl (C=O) groups is 1. The van der Waals surface area contributed by atoms with Gasteiger partial charge in [0.25, 0.3) is 15.6 Å². The molecule has 5 rings (SSSR count). The lowest BCUT2D eigenvalue weighted by atomic mass is 10.1. The number of carbonyl (C=O) groups excluding carboxylic acids is 1. The Labute approximate surface area is 252 Å². The number of hydrogen-bond donors (Lipinski definition) is 1. The molecule has 0 spiro atoms. The van der Waals surface area contributed by atoms with E-state index in [1.54, 1.807) is 18.2 Å². The summed E-state index contributed by atoms with van der Waals surface area (Å²) < 4.78 is 67.7. The van der Waals surface area contributed by atoms with Gasteiger partial charge in [0, 0.05) is 43.9 Å². The number of aryl methyl sites for hydroxylation is 1. The Kier molecular flexibility index (Phi) is 9.49. The third kappa shape index (κ3) is 7.03. The van der Waals surface area contributed by atoms with E-state index >= 15 is 0 Å². The topological polar surface area (TPSA) is 133 Å². The number of amides is 1. The van der Waals surface area contributed by atoms with Crippen molar-refractivity contribution in [3.63, 3.8) is 0 Å². The number of nitrogens with one attached hydrogen (secondary N) is 1. The third-order valence-corrected chi connectivity index (χ3v) is 8.68. The molecule has 0 bridgehead atoms. The van der Waals surface area contributed by atoms with Crippen LogP contribution in [0.4, 0.5) is 14.5 Å². The quantitative estimate of drug-likeness (QED) is 0.247. The first-order valence-electron chi connectivity index (χ1n) is 14.0. The maximum Gasteiger partial charge on any atom is 0.264 e. The number of anilines is 1. The van der Waals surface area contributed by atoms with Crippen molar-refractivity contribution < 1.29 is 31.5 Å². The van der Waals surface area contributed by atoms with Gasteiger partial charge in [-0.3, -0.25) is 18.9 Å². The number of aromatic nitrogens is 3. The van der Waals surface area contributed by atoms with Gasteiger partial charge in [0.15, 0.2) is 0 Å². The molecule has 2 aromatic heterocycles. The summed E-state index contributed by atoms with van der Waals surface area (Å²) >= 11 is 0. The number of sulfonamides is 1. The fourth-order valence-electron chi connectivity index (χ4n) is 4.94. The first-order valence-corrected chi connectivity index (χ1v) is 15.5. The highest BCUT2D eigenvalue weighted by atomic mass is 32.2. The van der Waals surface area contributed by atoms with E-state index < -0.39 is 26.6 Å². The number of morpholine rings is 1. The van der Waals surface area contributed by atoms with Gasteiger partial charge in [-0.1, -0.05) is 12.5 Å². The second kappa shape index (κ2) is 13.5. The largest absolute Gasteiger partial charge is 0.480 e. The van der Waals surface area contributed by atoms with E-state index in [0.29, 0.717) is 73.8 Å². The van der Waals surface area contributed by atoms with Crippen LogP contribution in [0.2, 0.25) is 0 Å². The van der Waals surface area contributed by atoms with E-state index in [1.165, 1.54) is 30.3 Å². The van der Waals surface area contributed by atoms with Crippen molar-refractivity contribution in [2.45, 2.75) is 37.1 Å². The molecule has 3 heterocycles. The molecule has 1 aliphatic heterocycles. The van der Waals surface area contributed by atoms with Crippen LogP contribution in [0.1, 0.15) is 25.7 Å². The van der Waals surface area contributed by atoms with Crippen LogP contribution >= 0.6 is 0 Å². The molecule has 1 saturated heterocycles. The van der Waals surface area contributed by atoms with Crippen molar-refractivity contribution in [1.82, 2.24) is 19.4 Å². The van der Waals surface area contributed by atoms with Gasteiger partial charge in [0.05, 0.1) is 37.6 Å². The first-order chi connectivity index (χ1) is 21.2. The summed E-state index contributed by atoms with van der Waals surface area (Å²) in [6.07, 6.45) is 5.60. The minimum absolute atomic E-state index is 0.0729. The highest BCUT2D eigenvalue weighted by Gasteiger charge is 2.22. The van der Waals surface area contributed by atoms with E-state index in [1.807, 2.05) is 4.90 Å². The van der Waals surface area contributed by atoms with Crippen LogP contribution in [0.5, 0.6) is 5.88 Å². The summed E-state index contributed by atoms with van der Waals surface area (Å²) in [5, 5.41) is 0.360. The summed E-state index contributed by atoms with van der Waals surface area (Å²) in [5.74, 6) is -2.11. The van der Waals surface area contributed by atoms with Crippen molar-refractivity contribution in [3.05, 3.63) is 77.0 Å². The van der Waals surface area contributed by atoms with Crippen LogP contribution < -0.4 is 15.0 Å². The van der Waals surface area contributed by atoms with Crippen LogP contribution in [0, 0.1) is 11.6 Å². The molecular formula is C30H31F2N5O6S. The Bertz CT molecular complexity index is 1840. The molecule has 0 saturated carbocycles. The Morgan fingerprint density at radius 3 is 2.57 bits per heavy atom. The molecule has 0 radical (unpaired) electrons. The highest BCUT2D eigenvalue weighted by molar-refractivity contribution is 7.92. The van der Waals surface area contributed by atoms with Gasteiger partial charge < -0.3 is 14.4 Å². The molecule has 0 atom stereocenters. The van der Waals surface area contributed by atoms with Gasteiger partial charge in [-0.15, -0.1) is 0 Å². The molecule has 2 aromatic carbocycles. The third-order valence-electron chi connectivity index (χ3n) is 7.28. The van der Waals surface area contributed by atoms with Crippen molar-refractivity contribution in [2.24, 2.45) is 0 Å². The van der Waals surface area contributed by atoms with E-state index in [2.05, 4.69) is 14.7 Å². The normalized spacial score (nSPS) is 13.7. The zero-order valence-corrected chi connectivity index (χ0v) is 24.8. The predicted octanol–water partition coefficient (Wildman–Crippen LogP) is 3.97. The Hall–Kier alpha value is -4.43. The lowest BCUT2D eigenvalue weighted by molar-refractivity contribution is -0.135. The summed E-state index contributed by atoms with van der Waals surface area (Å²) in [6, 6.07) is 8.62. The molecule has 14 heteroatoms. The average Bonchev–Trinajstić information content (AvgIpc) is 3.01. The zero-order valence-electron chi connectivity index (χ0n) is 24.0. The number of unbranched alkanes of at least 4 members (excludes halogenated alkanes) is 2. The number of benzene rings is 2. The van der Waals surface area contributed by atoms with E-state index in [-0.39, 0.29) is 23.0 Å². The maximum atomic E-state index is 14.2. The van der Waals surface area contributed by atoms with Crippen molar-refractivity contribution in [1.29, 1.82) is 0 Å². The molecule has 232 valence electrons. The fraction of sp³-hybridized carbons (Fsp3) is 0.333. The number of methoxy groups -OCH3 is 1. The minimum Gasteiger partial charge on any atom is -0.480 e. The fourth-order valence-corrected chi connectivity index (χ4v) is 6.05. The number of ether oxygens (including phenoxy) is 2. The van der Waals surface area contributed by atoms with Crippen LogP contribution in [-0.4, -0.2) is 67.2 Å². The Morgan fingerprint density at radius 1 is 1.02 bits per heavy atom. The lowest BCUT2D eigenvalue weighted by Gasteiger charge is -2.26. The van der Waals surface area contributed by atoms with Crippen molar-refractivity contribution >= 4 is 32.5 Å². The van der Waals surface area contributed by atoms with Crippen LogP contribution in [0.3, 0.4) is 0 Å². The van der Waals surface area contributed by atoms with Crippen LogP contribution in [-0.2, 0) is 26.1 Å². The Morgan fingerprint density at radius 2 is 1.82 bits per heavy atom. The van der Waals surface area contributed by atoms with Gasteiger partial charge in [0.2, 0.25) is 11.8 Å². The molecule has 1 N–H and O–H groups in total. The molecule has 4 aromatic rings. The smallest absolute Gasteiger partial charge is 0.264 e. The van der Waals surface area contributed by atoms with Gasteiger partial charge in [0.1, 0.15) is 22.2 Å². The molecule has 0 aliphatic carbocycles. The highest BCUT2D eigenvalue weighted by Crippen LogP contribution is 2.31.